The Morgan fingerprint density at radius 2 is 2.21 bits per heavy atom. The zero-order valence-corrected chi connectivity index (χ0v) is 17.3. The van der Waals surface area contributed by atoms with Crippen LogP contribution in [0.2, 0.25) is 0 Å². The molecule has 28 heavy (non-hydrogen) atoms. The van der Waals surface area contributed by atoms with Crippen LogP contribution in [0.15, 0.2) is 24.3 Å². The lowest BCUT2D eigenvalue weighted by molar-refractivity contribution is 0.103. The Hall–Kier alpha value is -2.60. The number of methoxy groups -OCH3 is 1. The summed E-state index contributed by atoms with van der Waals surface area (Å²) in [5.41, 5.74) is 11.0. The number of pyridine rings is 1. The van der Waals surface area contributed by atoms with Gasteiger partial charge in [0.2, 0.25) is 0 Å². The molecule has 6 heteroatoms. The average Bonchev–Trinajstić information content (AvgIpc) is 3.03. The quantitative estimate of drug-likeness (QED) is 0.654. The molecule has 1 aromatic carbocycles. The van der Waals surface area contributed by atoms with Gasteiger partial charge in [0.15, 0.2) is 0 Å². The van der Waals surface area contributed by atoms with Gasteiger partial charge in [0.25, 0.3) is 5.91 Å². The average molecular weight is 396 g/mol. The molecule has 1 aliphatic rings. The van der Waals surface area contributed by atoms with Crippen molar-refractivity contribution < 1.29 is 9.53 Å². The largest absolute Gasteiger partial charge is 0.497 e. The monoisotopic (exact) mass is 395 g/mol. The van der Waals surface area contributed by atoms with Crippen molar-refractivity contribution in [3.63, 3.8) is 0 Å². The van der Waals surface area contributed by atoms with E-state index in [0.717, 1.165) is 45.8 Å². The number of hydrogen-bond donors (Lipinski definition) is 2. The highest BCUT2D eigenvalue weighted by molar-refractivity contribution is 7.21. The fourth-order valence-corrected chi connectivity index (χ4v) is 4.86. The van der Waals surface area contributed by atoms with Crippen LogP contribution >= 0.6 is 11.3 Å². The Bertz CT molecular complexity index is 1060. The van der Waals surface area contributed by atoms with Gasteiger partial charge in [-0.1, -0.05) is 13.3 Å². The predicted octanol–water partition coefficient (Wildman–Crippen LogP) is 4.96. The number of nitrogens with one attached hydrogen (secondary N) is 1. The van der Waals surface area contributed by atoms with E-state index in [1.54, 1.807) is 7.11 Å². The van der Waals surface area contributed by atoms with E-state index in [9.17, 15) is 4.79 Å². The third kappa shape index (κ3) is 3.33. The molecule has 0 aliphatic heterocycles. The van der Waals surface area contributed by atoms with Crippen LogP contribution in [0.1, 0.15) is 46.3 Å². The first-order valence-corrected chi connectivity index (χ1v) is 10.5. The minimum Gasteiger partial charge on any atom is -0.497 e. The van der Waals surface area contributed by atoms with Gasteiger partial charge in [0.1, 0.15) is 15.5 Å². The Kier molecular flexibility index (Phi) is 4.98. The number of anilines is 2. The summed E-state index contributed by atoms with van der Waals surface area (Å²) in [6.07, 6.45) is 4.43. The van der Waals surface area contributed by atoms with Gasteiger partial charge in [-0.2, -0.15) is 0 Å². The van der Waals surface area contributed by atoms with Gasteiger partial charge in [-0.3, -0.25) is 4.79 Å². The van der Waals surface area contributed by atoms with Crippen LogP contribution in [0.5, 0.6) is 5.75 Å². The lowest BCUT2D eigenvalue weighted by Gasteiger charge is -2.22. The predicted molar refractivity (Wildman–Crippen MR) is 116 cm³/mol. The minimum atomic E-state index is -0.196. The van der Waals surface area contributed by atoms with Crippen molar-refractivity contribution in [2.45, 2.75) is 39.5 Å². The molecule has 2 aromatic heterocycles. The number of amides is 1. The van der Waals surface area contributed by atoms with E-state index in [1.165, 1.54) is 29.7 Å². The molecule has 0 spiro atoms. The maximum absolute atomic E-state index is 12.9. The lowest BCUT2D eigenvalue weighted by Crippen LogP contribution is -2.14. The molecule has 2 heterocycles. The summed E-state index contributed by atoms with van der Waals surface area (Å²) >= 11 is 1.37. The molecule has 1 unspecified atom stereocenters. The number of hydrogen-bond acceptors (Lipinski definition) is 5. The van der Waals surface area contributed by atoms with Gasteiger partial charge in [-0.05, 0) is 67.5 Å². The molecule has 0 saturated heterocycles. The topological polar surface area (TPSA) is 77.2 Å². The van der Waals surface area contributed by atoms with Crippen molar-refractivity contribution in [1.29, 1.82) is 0 Å². The van der Waals surface area contributed by atoms with E-state index >= 15 is 0 Å². The number of carbonyl (C=O) groups excluding carboxylic acids is 1. The van der Waals surface area contributed by atoms with E-state index in [4.69, 9.17) is 15.5 Å². The van der Waals surface area contributed by atoms with Crippen LogP contribution in [-0.2, 0) is 12.8 Å². The van der Waals surface area contributed by atoms with E-state index in [1.807, 2.05) is 25.1 Å². The summed E-state index contributed by atoms with van der Waals surface area (Å²) in [7, 11) is 1.63. The number of thiophene rings is 1. The van der Waals surface area contributed by atoms with E-state index in [-0.39, 0.29) is 5.91 Å². The van der Waals surface area contributed by atoms with Crippen molar-refractivity contribution in [2.75, 3.05) is 18.2 Å². The number of nitrogens with two attached hydrogens (primary N) is 1. The van der Waals surface area contributed by atoms with Gasteiger partial charge < -0.3 is 15.8 Å². The van der Waals surface area contributed by atoms with Gasteiger partial charge in [0, 0.05) is 16.8 Å². The molecule has 3 N–H and O–H groups in total. The zero-order chi connectivity index (χ0) is 19.8. The third-order valence-corrected chi connectivity index (χ3v) is 6.77. The van der Waals surface area contributed by atoms with Crippen LogP contribution in [0, 0.1) is 12.8 Å². The summed E-state index contributed by atoms with van der Waals surface area (Å²) in [6.45, 7) is 4.18. The van der Waals surface area contributed by atoms with Crippen LogP contribution in [0.25, 0.3) is 10.2 Å². The van der Waals surface area contributed by atoms with Gasteiger partial charge >= 0.3 is 0 Å². The molecule has 0 saturated carbocycles. The van der Waals surface area contributed by atoms with Crippen molar-refractivity contribution in [1.82, 2.24) is 4.98 Å². The fraction of sp³-hybridized carbons (Fsp3) is 0.364. The Morgan fingerprint density at radius 3 is 2.93 bits per heavy atom. The number of rotatable bonds is 4. The second kappa shape index (κ2) is 7.43. The molecule has 4 rings (SSSR count). The highest BCUT2D eigenvalue weighted by Crippen LogP contribution is 2.37. The smallest absolute Gasteiger partial charge is 0.267 e. The molecular weight excluding hydrogens is 370 g/mol. The Morgan fingerprint density at radius 1 is 1.39 bits per heavy atom. The standard InChI is InChI=1S/C22H25N3O2S/c1-4-13-5-7-18-14(10-13)11-16-19(23)20(28-22(16)25-18)21(26)24-17-8-6-15(27-3)9-12(17)2/h6,8-9,11,13H,4-5,7,10,23H2,1-3H3,(H,24,26). The van der Waals surface area contributed by atoms with E-state index in [0.29, 0.717) is 16.5 Å². The second-order valence-corrected chi connectivity index (χ2v) is 8.44. The maximum Gasteiger partial charge on any atom is 0.267 e. The molecule has 1 atom stereocenters. The SMILES string of the molecule is CCC1CCc2nc3sc(C(=O)Nc4ccc(OC)cc4C)c(N)c3cc2C1. The van der Waals surface area contributed by atoms with E-state index in [2.05, 4.69) is 18.3 Å². The number of ether oxygens (including phenoxy) is 1. The first-order chi connectivity index (χ1) is 13.5. The number of benzene rings is 1. The minimum absolute atomic E-state index is 0.196. The zero-order valence-electron chi connectivity index (χ0n) is 16.5. The van der Waals surface area contributed by atoms with Gasteiger partial charge in [0.05, 0.1) is 12.8 Å². The third-order valence-electron chi connectivity index (χ3n) is 5.65. The maximum atomic E-state index is 12.9. The second-order valence-electron chi connectivity index (χ2n) is 7.44. The number of carbonyl (C=O) groups is 1. The van der Waals surface area contributed by atoms with Crippen molar-refractivity contribution in [3.8, 4) is 5.75 Å². The number of nitrogens with zero attached hydrogens (tertiary/aromatic N) is 1. The molecule has 146 valence electrons. The van der Waals surface area contributed by atoms with Crippen LogP contribution in [0.4, 0.5) is 11.4 Å². The first kappa shape index (κ1) is 18.7. The number of aromatic nitrogens is 1. The van der Waals surface area contributed by atoms with Gasteiger partial charge in [-0.15, -0.1) is 11.3 Å². The molecule has 0 bridgehead atoms. The molecule has 0 fully saturated rings. The number of nitrogen functional groups attached to an aromatic ring is 1. The molecular formula is C22H25N3O2S. The summed E-state index contributed by atoms with van der Waals surface area (Å²) in [5.74, 6) is 1.28. The molecule has 1 amide bonds. The summed E-state index contributed by atoms with van der Waals surface area (Å²) in [5, 5.41) is 3.87. The summed E-state index contributed by atoms with van der Waals surface area (Å²) in [6, 6.07) is 7.72. The summed E-state index contributed by atoms with van der Waals surface area (Å²) in [4.78, 5) is 19.1. The highest BCUT2D eigenvalue weighted by atomic mass is 32.1. The number of aryl methyl sites for hydroxylation is 2. The van der Waals surface area contributed by atoms with Crippen molar-refractivity contribution in [3.05, 3.63) is 46.0 Å². The van der Waals surface area contributed by atoms with E-state index < -0.39 is 0 Å². The normalized spacial score (nSPS) is 16.0. The van der Waals surface area contributed by atoms with Crippen LogP contribution in [0.3, 0.4) is 0 Å². The fourth-order valence-electron chi connectivity index (χ4n) is 3.87. The highest BCUT2D eigenvalue weighted by Gasteiger charge is 2.23. The number of fused-ring (bicyclic) bond motifs is 2. The molecule has 0 radical (unpaired) electrons. The van der Waals surface area contributed by atoms with Crippen LogP contribution < -0.4 is 15.8 Å². The first-order valence-electron chi connectivity index (χ1n) is 9.66. The molecule has 3 aromatic rings. The lowest BCUT2D eigenvalue weighted by atomic mass is 9.85. The Labute approximate surface area is 168 Å². The summed E-state index contributed by atoms with van der Waals surface area (Å²) < 4.78 is 5.22. The van der Waals surface area contributed by atoms with Crippen molar-refractivity contribution >= 4 is 38.8 Å². The Balaban J connectivity index is 1.65. The van der Waals surface area contributed by atoms with Crippen LogP contribution in [-0.4, -0.2) is 18.0 Å². The molecule has 1 aliphatic carbocycles. The van der Waals surface area contributed by atoms with Gasteiger partial charge in [-0.25, -0.2) is 4.98 Å². The molecule has 5 nitrogen and oxygen atoms in total. The van der Waals surface area contributed by atoms with Crippen molar-refractivity contribution in [2.24, 2.45) is 5.92 Å².